The van der Waals surface area contributed by atoms with Gasteiger partial charge >= 0.3 is 0 Å². The second-order valence-corrected chi connectivity index (χ2v) is 10.8. The van der Waals surface area contributed by atoms with E-state index in [-0.39, 0.29) is 5.91 Å². The van der Waals surface area contributed by atoms with Gasteiger partial charge in [0.15, 0.2) is 0 Å². The average molecular weight is 435 g/mol. The molecule has 1 aromatic heterocycles. The van der Waals surface area contributed by atoms with Gasteiger partial charge in [-0.25, -0.2) is 13.4 Å². The second kappa shape index (κ2) is 7.79. The van der Waals surface area contributed by atoms with Crippen LogP contribution in [0.1, 0.15) is 23.5 Å². The van der Waals surface area contributed by atoms with Crippen LogP contribution in [0.5, 0.6) is 0 Å². The van der Waals surface area contributed by atoms with E-state index in [1.807, 2.05) is 19.4 Å². The topological polar surface area (TPSA) is 73.8 Å². The summed E-state index contributed by atoms with van der Waals surface area (Å²) in [6, 6.07) is 8.51. The van der Waals surface area contributed by atoms with Crippen molar-refractivity contribution in [3.05, 3.63) is 46.4 Å². The minimum atomic E-state index is -3.54. The molecule has 2 fully saturated rings. The van der Waals surface area contributed by atoms with Crippen molar-refractivity contribution in [1.82, 2.24) is 19.1 Å². The predicted molar refractivity (Wildman–Crippen MR) is 112 cm³/mol. The number of carbonyl (C=O) groups excluding carboxylic acids is 1. The van der Waals surface area contributed by atoms with Gasteiger partial charge in [-0.15, -0.1) is 11.3 Å². The molecular weight excluding hydrogens is 408 g/mol. The summed E-state index contributed by atoms with van der Waals surface area (Å²) in [6.07, 6.45) is 0.983. The number of hydrogen-bond donors (Lipinski definition) is 0. The summed E-state index contributed by atoms with van der Waals surface area (Å²) < 4.78 is 27.5. The number of carbonyl (C=O) groups is 1. The summed E-state index contributed by atoms with van der Waals surface area (Å²) in [5.74, 6) is 0.0902. The van der Waals surface area contributed by atoms with Gasteiger partial charge < -0.3 is 4.90 Å². The zero-order chi connectivity index (χ0) is 20.6. The first-order valence-corrected chi connectivity index (χ1v) is 12.1. The number of likely N-dealkylation sites (N-methyl/N-ethyl adjacent to an activating group) is 1. The lowest BCUT2D eigenvalue weighted by molar-refractivity contribution is -0.154. The zero-order valence-electron chi connectivity index (χ0n) is 16.7. The number of thiazole rings is 1. The number of amides is 1. The Morgan fingerprint density at radius 2 is 1.79 bits per heavy atom. The Kier molecular flexibility index (Phi) is 5.50. The Morgan fingerprint density at radius 3 is 2.41 bits per heavy atom. The number of aryl methyl sites for hydroxylation is 1. The molecule has 0 radical (unpaired) electrons. The van der Waals surface area contributed by atoms with Gasteiger partial charge in [0, 0.05) is 45.2 Å². The van der Waals surface area contributed by atoms with Crippen molar-refractivity contribution in [2.45, 2.75) is 36.7 Å². The fraction of sp³-hybridized carbons (Fsp3) is 0.500. The minimum Gasteiger partial charge on any atom is -0.343 e. The van der Waals surface area contributed by atoms with Gasteiger partial charge in [0.05, 0.1) is 15.6 Å². The van der Waals surface area contributed by atoms with Gasteiger partial charge in [-0.05, 0) is 31.9 Å². The quantitative estimate of drug-likeness (QED) is 0.735. The van der Waals surface area contributed by atoms with E-state index in [4.69, 9.17) is 0 Å². The Morgan fingerprint density at radius 1 is 1.10 bits per heavy atom. The standard InChI is InChI=1S/C20H26N4O3S2/c1-16-21-17(15-28-16)14-23-13-12-22(2)19(25)20(23)8-10-24(11-9-20)29(26,27)18-6-4-3-5-7-18/h3-7,15H,8-14H2,1-2H3. The van der Waals surface area contributed by atoms with E-state index in [9.17, 15) is 13.2 Å². The zero-order valence-corrected chi connectivity index (χ0v) is 18.4. The van der Waals surface area contributed by atoms with Crippen molar-refractivity contribution in [2.75, 3.05) is 33.2 Å². The van der Waals surface area contributed by atoms with Crippen LogP contribution >= 0.6 is 11.3 Å². The summed E-state index contributed by atoms with van der Waals surface area (Å²) >= 11 is 1.61. The van der Waals surface area contributed by atoms with E-state index in [0.717, 1.165) is 17.2 Å². The number of sulfonamides is 1. The van der Waals surface area contributed by atoms with E-state index in [0.29, 0.717) is 43.9 Å². The van der Waals surface area contributed by atoms with Crippen LogP contribution in [0.25, 0.3) is 0 Å². The Balaban J connectivity index is 1.56. The smallest absolute Gasteiger partial charge is 0.243 e. The lowest BCUT2D eigenvalue weighted by Crippen LogP contribution is -2.68. The van der Waals surface area contributed by atoms with Crippen LogP contribution in [0, 0.1) is 6.92 Å². The third-order valence-corrected chi connectivity index (χ3v) is 8.74. The highest BCUT2D eigenvalue weighted by atomic mass is 32.2. The molecule has 2 aromatic rings. The summed E-state index contributed by atoms with van der Waals surface area (Å²) in [5, 5.41) is 3.05. The molecule has 0 atom stereocenters. The van der Waals surface area contributed by atoms with Crippen LogP contribution in [-0.2, 0) is 21.4 Å². The lowest BCUT2D eigenvalue weighted by Gasteiger charge is -2.51. The monoisotopic (exact) mass is 434 g/mol. The second-order valence-electron chi connectivity index (χ2n) is 7.75. The first-order chi connectivity index (χ1) is 13.8. The first kappa shape index (κ1) is 20.5. The van der Waals surface area contributed by atoms with Crippen molar-refractivity contribution < 1.29 is 13.2 Å². The molecule has 0 N–H and O–H groups in total. The molecule has 0 aliphatic carbocycles. The van der Waals surface area contributed by atoms with Crippen molar-refractivity contribution in [1.29, 1.82) is 0 Å². The van der Waals surface area contributed by atoms with Crippen molar-refractivity contribution >= 4 is 27.3 Å². The highest BCUT2D eigenvalue weighted by Crippen LogP contribution is 2.36. The van der Waals surface area contributed by atoms with E-state index >= 15 is 0 Å². The molecule has 7 nitrogen and oxygen atoms in total. The van der Waals surface area contributed by atoms with Gasteiger partial charge in [-0.1, -0.05) is 18.2 Å². The van der Waals surface area contributed by atoms with E-state index in [1.54, 1.807) is 46.6 Å². The van der Waals surface area contributed by atoms with Crippen LogP contribution < -0.4 is 0 Å². The van der Waals surface area contributed by atoms with Crippen molar-refractivity contribution in [3.63, 3.8) is 0 Å². The normalized spacial score (nSPS) is 21.0. The molecule has 3 heterocycles. The molecule has 0 saturated carbocycles. The summed E-state index contributed by atoms with van der Waals surface area (Å²) in [6.45, 7) is 4.72. The maximum Gasteiger partial charge on any atom is 0.243 e. The fourth-order valence-corrected chi connectivity index (χ4v) is 6.42. The molecule has 29 heavy (non-hydrogen) atoms. The van der Waals surface area contributed by atoms with Crippen LogP contribution in [0.2, 0.25) is 0 Å². The molecule has 156 valence electrons. The largest absolute Gasteiger partial charge is 0.343 e. The molecule has 1 amide bonds. The number of nitrogens with zero attached hydrogens (tertiary/aromatic N) is 4. The SMILES string of the molecule is Cc1nc(CN2CCN(C)C(=O)C23CCN(S(=O)(=O)c2ccccc2)CC3)cs1. The van der Waals surface area contributed by atoms with Gasteiger partial charge in [-0.3, -0.25) is 9.69 Å². The molecule has 0 unspecified atom stereocenters. The number of piperidine rings is 1. The summed E-state index contributed by atoms with van der Waals surface area (Å²) in [5.41, 5.74) is 0.316. The molecule has 2 aliphatic rings. The average Bonchev–Trinajstić information content (AvgIpc) is 3.14. The van der Waals surface area contributed by atoms with Gasteiger partial charge in [0.2, 0.25) is 15.9 Å². The fourth-order valence-electron chi connectivity index (χ4n) is 4.35. The molecule has 2 aliphatic heterocycles. The Hall–Kier alpha value is -1.81. The highest BCUT2D eigenvalue weighted by molar-refractivity contribution is 7.89. The molecule has 1 spiro atoms. The summed E-state index contributed by atoms with van der Waals surface area (Å²) in [7, 11) is -1.71. The predicted octanol–water partition coefficient (Wildman–Crippen LogP) is 1.95. The highest BCUT2D eigenvalue weighted by Gasteiger charge is 2.51. The summed E-state index contributed by atoms with van der Waals surface area (Å²) in [4.78, 5) is 22.1. The maximum absolute atomic E-state index is 13.2. The maximum atomic E-state index is 13.2. The Labute approximate surface area is 176 Å². The third-order valence-electron chi connectivity index (χ3n) is 6.01. The van der Waals surface area contributed by atoms with E-state index in [2.05, 4.69) is 9.88 Å². The number of rotatable bonds is 4. The molecule has 0 bridgehead atoms. The van der Waals surface area contributed by atoms with Gasteiger partial charge in [-0.2, -0.15) is 4.31 Å². The molecule has 2 saturated heterocycles. The van der Waals surface area contributed by atoms with Crippen LogP contribution in [0.15, 0.2) is 40.6 Å². The number of benzene rings is 1. The van der Waals surface area contributed by atoms with E-state index < -0.39 is 15.6 Å². The van der Waals surface area contributed by atoms with E-state index in [1.165, 1.54) is 4.31 Å². The Bertz CT molecular complexity index is 982. The first-order valence-electron chi connectivity index (χ1n) is 9.80. The number of aromatic nitrogens is 1. The third kappa shape index (κ3) is 3.72. The molecule has 1 aromatic carbocycles. The minimum absolute atomic E-state index is 0.0902. The molecule has 4 rings (SSSR count). The molecule has 9 heteroatoms. The number of piperazine rings is 1. The number of hydrogen-bond acceptors (Lipinski definition) is 6. The van der Waals surface area contributed by atoms with Gasteiger partial charge in [0.25, 0.3) is 0 Å². The van der Waals surface area contributed by atoms with Gasteiger partial charge in [0.1, 0.15) is 5.54 Å². The van der Waals surface area contributed by atoms with Crippen LogP contribution in [-0.4, -0.2) is 72.2 Å². The van der Waals surface area contributed by atoms with Crippen LogP contribution in [0.3, 0.4) is 0 Å². The molecular formula is C20H26N4O3S2. The van der Waals surface area contributed by atoms with Crippen molar-refractivity contribution in [2.24, 2.45) is 0 Å². The lowest BCUT2D eigenvalue weighted by atomic mass is 9.83. The van der Waals surface area contributed by atoms with Crippen molar-refractivity contribution in [3.8, 4) is 0 Å². The van der Waals surface area contributed by atoms with Crippen LogP contribution in [0.4, 0.5) is 0 Å².